The topological polar surface area (TPSA) is 0 Å². The van der Waals surface area contributed by atoms with Crippen LogP contribution in [0.4, 0.5) is 0 Å². The highest BCUT2D eigenvalue weighted by Gasteiger charge is 2.33. The fourth-order valence-corrected chi connectivity index (χ4v) is 0.957. The predicted molar refractivity (Wildman–Crippen MR) is 58.0 cm³/mol. The van der Waals surface area contributed by atoms with Crippen LogP contribution in [0.1, 0.15) is 54.4 Å². The SMILES string of the molecule is C#C.CCC(C)(C)C(C)(C)CC. The van der Waals surface area contributed by atoms with Gasteiger partial charge in [0, 0.05) is 0 Å². The van der Waals surface area contributed by atoms with Crippen molar-refractivity contribution >= 4 is 0 Å². The summed E-state index contributed by atoms with van der Waals surface area (Å²) in [7, 11) is 0. The lowest BCUT2D eigenvalue weighted by Gasteiger charge is -2.40. The number of terminal acetylenes is 1. The molecule has 0 bridgehead atoms. The van der Waals surface area contributed by atoms with Crippen molar-refractivity contribution in [2.24, 2.45) is 10.8 Å². The summed E-state index contributed by atoms with van der Waals surface area (Å²) in [6.07, 6.45) is 10.5. The highest BCUT2D eigenvalue weighted by Crippen LogP contribution is 2.43. The van der Waals surface area contributed by atoms with Gasteiger partial charge in [0.15, 0.2) is 0 Å². The summed E-state index contributed by atoms with van der Waals surface area (Å²) in [5.41, 5.74) is 0.976. The van der Waals surface area contributed by atoms with Gasteiger partial charge in [0.05, 0.1) is 0 Å². The first-order valence-electron chi connectivity index (χ1n) is 4.70. The summed E-state index contributed by atoms with van der Waals surface area (Å²) in [6.45, 7) is 14.0. The smallest absolute Gasteiger partial charge is 0.0306 e. The van der Waals surface area contributed by atoms with Crippen molar-refractivity contribution in [2.75, 3.05) is 0 Å². The molecule has 0 fully saturated rings. The molecule has 0 heterocycles. The minimum absolute atomic E-state index is 0.488. The Morgan fingerprint density at radius 3 is 1.00 bits per heavy atom. The molecule has 0 N–H and O–H groups in total. The molecule has 0 aliphatic carbocycles. The Morgan fingerprint density at radius 1 is 0.750 bits per heavy atom. The van der Waals surface area contributed by atoms with E-state index in [0.29, 0.717) is 10.8 Å². The molecule has 0 aromatic rings. The van der Waals surface area contributed by atoms with Crippen molar-refractivity contribution < 1.29 is 0 Å². The van der Waals surface area contributed by atoms with E-state index in [1.165, 1.54) is 12.8 Å². The molecule has 0 unspecified atom stereocenters. The van der Waals surface area contributed by atoms with E-state index in [4.69, 9.17) is 0 Å². The maximum atomic E-state index is 4.00. The second kappa shape index (κ2) is 5.25. The van der Waals surface area contributed by atoms with Crippen molar-refractivity contribution in [1.29, 1.82) is 0 Å². The molecule has 0 saturated heterocycles. The fraction of sp³-hybridized carbons (Fsp3) is 0.833. The van der Waals surface area contributed by atoms with E-state index in [0.717, 1.165) is 0 Å². The van der Waals surface area contributed by atoms with E-state index < -0.39 is 0 Å². The standard InChI is InChI=1S/C10H22.C2H2/c1-7-9(3,4)10(5,6)8-2;1-2/h7-8H2,1-6H3;1-2H. The average Bonchev–Trinajstić information content (AvgIpc) is 2.08. The molecule has 0 aliphatic heterocycles. The van der Waals surface area contributed by atoms with Gasteiger partial charge in [0.25, 0.3) is 0 Å². The first-order chi connectivity index (χ1) is 5.37. The zero-order valence-electron chi connectivity index (χ0n) is 9.57. The Kier molecular flexibility index (Phi) is 6.17. The Morgan fingerprint density at radius 2 is 0.917 bits per heavy atom. The zero-order chi connectivity index (χ0) is 10.4. The van der Waals surface area contributed by atoms with Crippen LogP contribution in [0.5, 0.6) is 0 Å². The summed E-state index contributed by atoms with van der Waals surface area (Å²) in [5.74, 6) is 0. The lowest BCUT2D eigenvalue weighted by atomic mass is 9.65. The van der Waals surface area contributed by atoms with Crippen molar-refractivity contribution in [3.63, 3.8) is 0 Å². The first kappa shape index (κ1) is 14.1. The molecule has 0 aliphatic rings. The van der Waals surface area contributed by atoms with Crippen LogP contribution in [0, 0.1) is 23.7 Å². The second-order valence-corrected chi connectivity index (χ2v) is 4.47. The number of rotatable bonds is 3. The molecule has 0 aromatic carbocycles. The largest absolute Gasteiger partial charge is 0.124 e. The molecule has 72 valence electrons. The zero-order valence-corrected chi connectivity index (χ0v) is 9.57. The highest BCUT2D eigenvalue weighted by atomic mass is 14.4. The molecule has 0 nitrogen and oxygen atoms in total. The van der Waals surface area contributed by atoms with Gasteiger partial charge in [-0.2, -0.15) is 0 Å². The third-order valence-electron chi connectivity index (χ3n) is 3.60. The quantitative estimate of drug-likeness (QED) is 0.556. The average molecular weight is 168 g/mol. The fourth-order valence-electron chi connectivity index (χ4n) is 0.957. The summed E-state index contributed by atoms with van der Waals surface area (Å²) in [4.78, 5) is 0. The maximum absolute atomic E-state index is 4.00. The Bertz CT molecular complexity index is 112. The van der Waals surface area contributed by atoms with E-state index in [1.54, 1.807) is 0 Å². The van der Waals surface area contributed by atoms with Crippen LogP contribution in [-0.2, 0) is 0 Å². The molecule has 0 heteroatoms. The van der Waals surface area contributed by atoms with Gasteiger partial charge in [0.1, 0.15) is 0 Å². The van der Waals surface area contributed by atoms with Crippen LogP contribution in [0.3, 0.4) is 0 Å². The molecule has 0 radical (unpaired) electrons. The minimum atomic E-state index is 0.488. The molecular formula is C12H24. The van der Waals surface area contributed by atoms with E-state index in [1.807, 2.05) is 0 Å². The van der Waals surface area contributed by atoms with Gasteiger partial charge in [-0.1, -0.05) is 54.4 Å². The molecule has 0 amide bonds. The molecule has 12 heavy (non-hydrogen) atoms. The first-order valence-corrected chi connectivity index (χ1v) is 4.70. The van der Waals surface area contributed by atoms with Crippen molar-refractivity contribution in [1.82, 2.24) is 0 Å². The van der Waals surface area contributed by atoms with Crippen molar-refractivity contribution in [3.8, 4) is 12.8 Å². The predicted octanol–water partition coefficient (Wildman–Crippen LogP) is 4.11. The molecule has 0 atom stereocenters. The van der Waals surface area contributed by atoms with Gasteiger partial charge in [-0.15, -0.1) is 12.8 Å². The van der Waals surface area contributed by atoms with E-state index >= 15 is 0 Å². The molecular weight excluding hydrogens is 144 g/mol. The lowest BCUT2D eigenvalue weighted by Crippen LogP contribution is -2.30. The molecule has 0 aromatic heterocycles. The Balaban J connectivity index is 0. The third-order valence-corrected chi connectivity index (χ3v) is 3.60. The Hall–Kier alpha value is -0.440. The van der Waals surface area contributed by atoms with Gasteiger partial charge >= 0.3 is 0 Å². The summed E-state index contributed by atoms with van der Waals surface area (Å²) in [6, 6.07) is 0. The van der Waals surface area contributed by atoms with Gasteiger partial charge < -0.3 is 0 Å². The summed E-state index contributed by atoms with van der Waals surface area (Å²) >= 11 is 0. The van der Waals surface area contributed by atoms with Gasteiger partial charge in [-0.3, -0.25) is 0 Å². The monoisotopic (exact) mass is 168 g/mol. The summed E-state index contributed by atoms with van der Waals surface area (Å²) < 4.78 is 0. The van der Waals surface area contributed by atoms with E-state index in [2.05, 4.69) is 54.4 Å². The van der Waals surface area contributed by atoms with Crippen LogP contribution in [0.15, 0.2) is 0 Å². The van der Waals surface area contributed by atoms with Crippen LogP contribution in [0.2, 0.25) is 0 Å². The molecule has 0 spiro atoms. The lowest BCUT2D eigenvalue weighted by molar-refractivity contribution is 0.0998. The van der Waals surface area contributed by atoms with Crippen LogP contribution >= 0.6 is 0 Å². The summed E-state index contributed by atoms with van der Waals surface area (Å²) in [5, 5.41) is 0. The van der Waals surface area contributed by atoms with Gasteiger partial charge in [0.2, 0.25) is 0 Å². The highest BCUT2D eigenvalue weighted by molar-refractivity contribution is 4.83. The van der Waals surface area contributed by atoms with E-state index in [-0.39, 0.29) is 0 Å². The minimum Gasteiger partial charge on any atom is -0.124 e. The number of hydrogen-bond acceptors (Lipinski definition) is 0. The van der Waals surface area contributed by atoms with Crippen LogP contribution < -0.4 is 0 Å². The van der Waals surface area contributed by atoms with Crippen LogP contribution in [-0.4, -0.2) is 0 Å². The molecule has 0 saturated carbocycles. The van der Waals surface area contributed by atoms with Crippen molar-refractivity contribution in [2.45, 2.75) is 54.4 Å². The second-order valence-electron chi connectivity index (χ2n) is 4.47. The number of hydrogen-bond donors (Lipinski definition) is 0. The maximum Gasteiger partial charge on any atom is -0.0306 e. The van der Waals surface area contributed by atoms with Crippen molar-refractivity contribution in [3.05, 3.63) is 0 Å². The van der Waals surface area contributed by atoms with Crippen LogP contribution in [0.25, 0.3) is 0 Å². The molecule has 0 rings (SSSR count). The normalized spacial score (nSPS) is 11.7. The van der Waals surface area contributed by atoms with Gasteiger partial charge in [-0.05, 0) is 10.8 Å². The third kappa shape index (κ3) is 3.30. The van der Waals surface area contributed by atoms with Gasteiger partial charge in [-0.25, -0.2) is 0 Å². The Labute approximate surface area is 78.8 Å². The van der Waals surface area contributed by atoms with E-state index in [9.17, 15) is 0 Å².